The number of carbonyl (C=O) groups is 1. The zero-order valence-electron chi connectivity index (χ0n) is 10.5. The van der Waals surface area contributed by atoms with Crippen LogP contribution in [0.4, 0.5) is 5.69 Å². The number of nitrogens with two attached hydrogens (primary N) is 1. The summed E-state index contributed by atoms with van der Waals surface area (Å²) in [5, 5.41) is 12.0. The number of aliphatic hydroxyl groups excluding tert-OH is 1. The van der Waals surface area contributed by atoms with Crippen molar-refractivity contribution in [2.45, 2.75) is 33.2 Å². The molecule has 1 aromatic rings. The van der Waals surface area contributed by atoms with E-state index >= 15 is 0 Å². The molecule has 0 aliphatic carbocycles. The summed E-state index contributed by atoms with van der Waals surface area (Å²) >= 11 is 1.38. The van der Waals surface area contributed by atoms with E-state index in [-0.39, 0.29) is 18.6 Å². The van der Waals surface area contributed by atoms with Crippen molar-refractivity contribution in [3.05, 3.63) is 15.8 Å². The Kier molecular flexibility index (Phi) is 4.96. The van der Waals surface area contributed by atoms with Crippen LogP contribution in [-0.2, 0) is 0 Å². The van der Waals surface area contributed by atoms with Gasteiger partial charge < -0.3 is 16.2 Å². The molecule has 1 atom stereocenters. The molecule has 1 unspecified atom stereocenters. The van der Waals surface area contributed by atoms with Gasteiger partial charge in [-0.2, -0.15) is 0 Å². The van der Waals surface area contributed by atoms with E-state index in [1.54, 1.807) is 6.07 Å². The molecule has 0 aliphatic heterocycles. The lowest BCUT2D eigenvalue weighted by molar-refractivity contribution is 0.0912. The van der Waals surface area contributed by atoms with Gasteiger partial charge in [-0.25, -0.2) is 0 Å². The van der Waals surface area contributed by atoms with Crippen molar-refractivity contribution in [3.8, 4) is 0 Å². The first kappa shape index (κ1) is 14.0. The maximum Gasteiger partial charge on any atom is 0.261 e. The van der Waals surface area contributed by atoms with Crippen LogP contribution in [0, 0.1) is 12.8 Å². The molecule has 0 saturated heterocycles. The molecule has 0 spiro atoms. The molecule has 4 nitrogen and oxygen atoms in total. The molecule has 0 aliphatic rings. The van der Waals surface area contributed by atoms with Gasteiger partial charge in [0.1, 0.15) is 0 Å². The second-order valence-corrected chi connectivity index (χ2v) is 5.86. The van der Waals surface area contributed by atoms with E-state index in [9.17, 15) is 9.90 Å². The SMILES string of the molecule is Cc1sc(C(=O)NC(CO)CC(C)C)cc1N. The molecule has 17 heavy (non-hydrogen) atoms. The smallest absolute Gasteiger partial charge is 0.261 e. The number of hydrogen-bond acceptors (Lipinski definition) is 4. The highest BCUT2D eigenvalue weighted by atomic mass is 32.1. The lowest BCUT2D eigenvalue weighted by atomic mass is 10.0. The Balaban J connectivity index is 2.64. The first-order chi connectivity index (χ1) is 7.93. The summed E-state index contributed by atoms with van der Waals surface area (Å²) in [6, 6.07) is 1.49. The molecule has 1 amide bonds. The molecule has 1 aromatic heterocycles. The van der Waals surface area contributed by atoms with Gasteiger partial charge >= 0.3 is 0 Å². The summed E-state index contributed by atoms with van der Waals surface area (Å²) in [5.74, 6) is 0.275. The number of thiophene rings is 1. The van der Waals surface area contributed by atoms with E-state index < -0.39 is 0 Å². The van der Waals surface area contributed by atoms with Crippen LogP contribution in [0.3, 0.4) is 0 Å². The molecule has 0 radical (unpaired) electrons. The van der Waals surface area contributed by atoms with E-state index in [0.29, 0.717) is 16.5 Å². The lowest BCUT2D eigenvalue weighted by Gasteiger charge is -2.17. The van der Waals surface area contributed by atoms with Crippen LogP contribution in [0.25, 0.3) is 0 Å². The van der Waals surface area contributed by atoms with Gasteiger partial charge in [0.15, 0.2) is 0 Å². The van der Waals surface area contributed by atoms with E-state index in [0.717, 1.165) is 11.3 Å². The molecule has 0 bridgehead atoms. The van der Waals surface area contributed by atoms with Crippen LogP contribution in [-0.4, -0.2) is 23.7 Å². The fraction of sp³-hybridized carbons (Fsp3) is 0.583. The van der Waals surface area contributed by atoms with Gasteiger partial charge in [0.2, 0.25) is 0 Å². The number of rotatable bonds is 5. The molecular weight excluding hydrogens is 236 g/mol. The Morgan fingerprint density at radius 2 is 2.24 bits per heavy atom. The number of amides is 1. The van der Waals surface area contributed by atoms with Crippen LogP contribution >= 0.6 is 11.3 Å². The molecule has 0 aromatic carbocycles. The quantitative estimate of drug-likeness (QED) is 0.751. The first-order valence-electron chi connectivity index (χ1n) is 5.71. The van der Waals surface area contributed by atoms with Gasteiger partial charge in [-0.1, -0.05) is 13.8 Å². The Bertz CT molecular complexity index is 368. The topological polar surface area (TPSA) is 75.3 Å². The van der Waals surface area contributed by atoms with Gasteiger partial charge in [0.05, 0.1) is 17.5 Å². The highest BCUT2D eigenvalue weighted by Gasteiger charge is 2.16. The van der Waals surface area contributed by atoms with Gasteiger partial charge in [0.25, 0.3) is 5.91 Å². The van der Waals surface area contributed by atoms with Crippen molar-refractivity contribution < 1.29 is 9.90 Å². The van der Waals surface area contributed by atoms with Crippen molar-refractivity contribution in [1.29, 1.82) is 0 Å². The molecule has 96 valence electrons. The monoisotopic (exact) mass is 256 g/mol. The summed E-state index contributed by atoms with van der Waals surface area (Å²) in [6.45, 7) is 5.96. The third-order valence-electron chi connectivity index (χ3n) is 2.49. The predicted molar refractivity (Wildman–Crippen MR) is 71.3 cm³/mol. The summed E-state index contributed by atoms with van der Waals surface area (Å²) < 4.78 is 0. The summed E-state index contributed by atoms with van der Waals surface area (Å²) in [4.78, 5) is 13.4. The van der Waals surface area contributed by atoms with E-state index in [2.05, 4.69) is 19.2 Å². The number of carbonyl (C=O) groups excluding carboxylic acids is 1. The third kappa shape index (κ3) is 4.02. The maximum atomic E-state index is 11.9. The molecule has 1 rings (SSSR count). The molecule has 4 N–H and O–H groups in total. The normalized spacial score (nSPS) is 12.8. The number of aliphatic hydroxyl groups is 1. The second-order valence-electron chi connectivity index (χ2n) is 4.60. The molecule has 1 heterocycles. The fourth-order valence-electron chi connectivity index (χ4n) is 1.61. The zero-order chi connectivity index (χ0) is 13.0. The maximum absolute atomic E-state index is 11.9. The van der Waals surface area contributed by atoms with E-state index in [1.165, 1.54) is 11.3 Å². The zero-order valence-corrected chi connectivity index (χ0v) is 11.3. The minimum atomic E-state index is -0.189. The second kappa shape index (κ2) is 6.02. The van der Waals surface area contributed by atoms with Crippen molar-refractivity contribution in [2.24, 2.45) is 5.92 Å². The molecule has 0 fully saturated rings. The van der Waals surface area contributed by atoms with Crippen LogP contribution < -0.4 is 11.1 Å². The fourth-order valence-corrected chi connectivity index (χ4v) is 2.46. The van der Waals surface area contributed by atoms with Gasteiger partial charge in [-0.15, -0.1) is 11.3 Å². The summed E-state index contributed by atoms with van der Waals surface area (Å²) in [7, 11) is 0. The van der Waals surface area contributed by atoms with E-state index in [1.807, 2.05) is 6.92 Å². The minimum Gasteiger partial charge on any atom is -0.398 e. The van der Waals surface area contributed by atoms with E-state index in [4.69, 9.17) is 5.73 Å². The number of nitrogens with one attached hydrogen (secondary N) is 1. The molecule has 5 heteroatoms. The number of hydrogen-bond donors (Lipinski definition) is 3. The molecule has 0 saturated carbocycles. The average molecular weight is 256 g/mol. The standard InChI is InChI=1S/C12H20N2O2S/c1-7(2)4-9(6-15)14-12(16)11-5-10(13)8(3)17-11/h5,7,9,15H,4,6,13H2,1-3H3,(H,14,16). The van der Waals surface area contributed by atoms with Gasteiger partial charge in [-0.3, -0.25) is 4.79 Å². The Hall–Kier alpha value is -1.07. The van der Waals surface area contributed by atoms with Crippen molar-refractivity contribution in [3.63, 3.8) is 0 Å². The average Bonchev–Trinajstić information content (AvgIpc) is 2.57. The van der Waals surface area contributed by atoms with Crippen LogP contribution in [0.5, 0.6) is 0 Å². The Morgan fingerprint density at radius 3 is 2.65 bits per heavy atom. The first-order valence-corrected chi connectivity index (χ1v) is 6.53. The number of anilines is 1. The molecular formula is C12H20N2O2S. The Morgan fingerprint density at radius 1 is 1.59 bits per heavy atom. The van der Waals surface area contributed by atoms with Crippen molar-refractivity contribution >= 4 is 22.9 Å². The van der Waals surface area contributed by atoms with Crippen molar-refractivity contribution in [2.75, 3.05) is 12.3 Å². The van der Waals surface area contributed by atoms with Crippen LogP contribution in [0.15, 0.2) is 6.07 Å². The minimum absolute atomic E-state index is 0.0379. The highest BCUT2D eigenvalue weighted by molar-refractivity contribution is 7.14. The number of aryl methyl sites for hydroxylation is 1. The summed E-state index contributed by atoms with van der Waals surface area (Å²) in [6.07, 6.45) is 0.766. The largest absolute Gasteiger partial charge is 0.398 e. The predicted octanol–water partition coefficient (Wildman–Crippen LogP) is 1.78. The van der Waals surface area contributed by atoms with Crippen LogP contribution in [0.1, 0.15) is 34.8 Å². The Labute approximate surface area is 106 Å². The third-order valence-corrected chi connectivity index (χ3v) is 3.56. The van der Waals surface area contributed by atoms with Crippen LogP contribution in [0.2, 0.25) is 0 Å². The van der Waals surface area contributed by atoms with Gasteiger partial charge in [0, 0.05) is 10.6 Å². The highest BCUT2D eigenvalue weighted by Crippen LogP contribution is 2.23. The van der Waals surface area contributed by atoms with Gasteiger partial charge in [-0.05, 0) is 25.3 Å². The van der Waals surface area contributed by atoms with Crippen molar-refractivity contribution in [1.82, 2.24) is 5.32 Å². The summed E-state index contributed by atoms with van der Waals surface area (Å²) in [5.41, 5.74) is 6.35. The number of nitrogen functional groups attached to an aromatic ring is 1. The lowest BCUT2D eigenvalue weighted by Crippen LogP contribution is -2.38.